The van der Waals surface area contributed by atoms with Crippen molar-refractivity contribution in [3.8, 4) is 12.3 Å². The summed E-state index contributed by atoms with van der Waals surface area (Å²) in [7, 11) is 0. The van der Waals surface area contributed by atoms with Crippen LogP contribution in [0.1, 0.15) is 39.0 Å². The van der Waals surface area contributed by atoms with Crippen molar-refractivity contribution in [3.63, 3.8) is 0 Å². The average molecular weight is 178 g/mol. The lowest BCUT2D eigenvalue weighted by molar-refractivity contribution is 0.633. The van der Waals surface area contributed by atoms with Gasteiger partial charge in [-0.05, 0) is 19.3 Å². The molecule has 1 atom stereocenters. The van der Waals surface area contributed by atoms with Gasteiger partial charge in [-0.25, -0.2) is 0 Å². The first-order valence-corrected chi connectivity index (χ1v) is 5.12. The Bertz CT molecular complexity index is 213. The lowest BCUT2D eigenvalue weighted by Gasteiger charge is -2.18. The van der Waals surface area contributed by atoms with E-state index in [2.05, 4.69) is 23.2 Å². The minimum absolute atomic E-state index is 0.182. The van der Waals surface area contributed by atoms with Crippen molar-refractivity contribution in [1.82, 2.24) is 5.32 Å². The van der Waals surface area contributed by atoms with E-state index < -0.39 is 0 Å². The van der Waals surface area contributed by atoms with Gasteiger partial charge in [0.05, 0.1) is 11.9 Å². The topological polar surface area (TPSA) is 24.4 Å². The van der Waals surface area contributed by atoms with E-state index in [1.807, 2.05) is 0 Å². The smallest absolute Gasteiger partial charge is 0.0972 e. The molecular weight excluding hydrogens is 160 g/mol. The number of terminal acetylenes is 1. The molecular formula is C11H18N2. The zero-order valence-corrected chi connectivity index (χ0v) is 8.34. The van der Waals surface area contributed by atoms with Gasteiger partial charge in [0.2, 0.25) is 0 Å². The molecule has 0 aliphatic carbocycles. The Hall–Kier alpha value is -0.970. The predicted octanol–water partition coefficient (Wildman–Crippen LogP) is 1.96. The molecule has 1 heterocycles. The quantitative estimate of drug-likeness (QED) is 0.656. The predicted molar refractivity (Wildman–Crippen MR) is 56.8 cm³/mol. The van der Waals surface area contributed by atoms with Crippen molar-refractivity contribution in [1.29, 1.82) is 0 Å². The highest BCUT2D eigenvalue weighted by molar-refractivity contribution is 5.83. The Morgan fingerprint density at radius 1 is 1.62 bits per heavy atom. The lowest BCUT2D eigenvalue weighted by atomic mass is 10.1. The number of amidine groups is 1. The first kappa shape index (κ1) is 10.1. The number of nitrogens with one attached hydrogen (secondary N) is 1. The van der Waals surface area contributed by atoms with Crippen LogP contribution >= 0.6 is 0 Å². The summed E-state index contributed by atoms with van der Waals surface area (Å²) in [6, 6.07) is 0.182. The van der Waals surface area contributed by atoms with Gasteiger partial charge in [0.15, 0.2) is 0 Å². The molecule has 1 unspecified atom stereocenters. The summed E-state index contributed by atoms with van der Waals surface area (Å²) in [6.45, 7) is 3.11. The van der Waals surface area contributed by atoms with E-state index in [9.17, 15) is 0 Å². The second kappa shape index (κ2) is 5.64. The maximum atomic E-state index is 5.41. The molecule has 72 valence electrons. The van der Waals surface area contributed by atoms with Gasteiger partial charge in [-0.3, -0.25) is 4.99 Å². The molecule has 13 heavy (non-hydrogen) atoms. The number of hydrogen-bond donors (Lipinski definition) is 1. The van der Waals surface area contributed by atoms with Crippen LogP contribution in [0.25, 0.3) is 0 Å². The first-order chi connectivity index (χ1) is 6.36. The molecule has 0 bridgehead atoms. The van der Waals surface area contributed by atoms with Gasteiger partial charge in [-0.2, -0.15) is 0 Å². The molecule has 0 spiro atoms. The fourth-order valence-corrected chi connectivity index (χ4v) is 1.50. The highest BCUT2D eigenvalue weighted by Gasteiger charge is 2.08. The van der Waals surface area contributed by atoms with Crippen LogP contribution in [0.5, 0.6) is 0 Å². The molecule has 0 aromatic heterocycles. The van der Waals surface area contributed by atoms with Crippen molar-refractivity contribution in [3.05, 3.63) is 0 Å². The molecule has 0 aromatic carbocycles. The van der Waals surface area contributed by atoms with E-state index in [4.69, 9.17) is 6.42 Å². The van der Waals surface area contributed by atoms with Crippen molar-refractivity contribution in [2.24, 2.45) is 4.99 Å². The molecule has 0 saturated carbocycles. The van der Waals surface area contributed by atoms with Crippen molar-refractivity contribution >= 4 is 5.84 Å². The third kappa shape index (κ3) is 3.50. The van der Waals surface area contributed by atoms with Gasteiger partial charge in [-0.15, -0.1) is 6.42 Å². The van der Waals surface area contributed by atoms with Crippen LogP contribution in [0, 0.1) is 12.3 Å². The van der Waals surface area contributed by atoms with Crippen LogP contribution in [0.15, 0.2) is 4.99 Å². The van der Waals surface area contributed by atoms with Gasteiger partial charge < -0.3 is 5.32 Å². The average Bonchev–Trinajstić information content (AvgIpc) is 2.19. The molecule has 2 nitrogen and oxygen atoms in total. The number of nitrogens with zero attached hydrogens (tertiary/aromatic N) is 1. The van der Waals surface area contributed by atoms with Crippen molar-refractivity contribution in [2.45, 2.75) is 45.1 Å². The van der Waals surface area contributed by atoms with Crippen molar-refractivity contribution in [2.75, 3.05) is 6.54 Å². The van der Waals surface area contributed by atoms with Crippen LogP contribution in [0.3, 0.4) is 0 Å². The van der Waals surface area contributed by atoms with E-state index in [0.29, 0.717) is 0 Å². The van der Waals surface area contributed by atoms with Gasteiger partial charge in [0, 0.05) is 13.0 Å². The highest BCUT2D eigenvalue weighted by Crippen LogP contribution is 2.05. The van der Waals surface area contributed by atoms with Crippen LogP contribution in [-0.4, -0.2) is 18.4 Å². The summed E-state index contributed by atoms with van der Waals surface area (Å²) in [5.74, 6) is 3.87. The summed E-state index contributed by atoms with van der Waals surface area (Å²) in [6.07, 6.45) is 11.1. The largest absolute Gasteiger partial charge is 0.360 e. The van der Waals surface area contributed by atoms with Gasteiger partial charge in [0.25, 0.3) is 0 Å². The van der Waals surface area contributed by atoms with E-state index >= 15 is 0 Å². The molecule has 1 rings (SSSR count). The second-order valence-corrected chi connectivity index (χ2v) is 3.44. The van der Waals surface area contributed by atoms with Gasteiger partial charge >= 0.3 is 0 Å². The Morgan fingerprint density at radius 2 is 2.46 bits per heavy atom. The molecule has 0 saturated heterocycles. The summed E-state index contributed by atoms with van der Waals surface area (Å²) in [5, 5.41) is 3.32. The molecule has 1 aliphatic rings. The fraction of sp³-hybridized carbons (Fsp3) is 0.727. The minimum Gasteiger partial charge on any atom is -0.360 e. The van der Waals surface area contributed by atoms with E-state index in [0.717, 1.165) is 31.6 Å². The lowest BCUT2D eigenvalue weighted by Crippen LogP contribution is -2.34. The fourth-order valence-electron chi connectivity index (χ4n) is 1.50. The normalized spacial score (nSPS) is 18.6. The summed E-state index contributed by atoms with van der Waals surface area (Å²) >= 11 is 0. The second-order valence-electron chi connectivity index (χ2n) is 3.44. The molecule has 0 fully saturated rings. The Labute approximate surface area is 80.8 Å². The molecule has 1 aliphatic heterocycles. The van der Waals surface area contributed by atoms with E-state index in [-0.39, 0.29) is 6.04 Å². The van der Waals surface area contributed by atoms with Gasteiger partial charge in [0.1, 0.15) is 0 Å². The SMILES string of the molecule is C#CC(CCC)NC1=NCCCC1. The van der Waals surface area contributed by atoms with Crippen LogP contribution in [-0.2, 0) is 0 Å². The van der Waals surface area contributed by atoms with Gasteiger partial charge in [-0.1, -0.05) is 19.3 Å². The van der Waals surface area contributed by atoms with E-state index in [1.54, 1.807) is 0 Å². The first-order valence-electron chi connectivity index (χ1n) is 5.12. The summed E-state index contributed by atoms with van der Waals surface area (Å²) < 4.78 is 0. The Kier molecular flexibility index (Phi) is 4.39. The molecule has 0 aromatic rings. The summed E-state index contributed by atoms with van der Waals surface area (Å²) in [4.78, 5) is 4.41. The maximum Gasteiger partial charge on any atom is 0.0972 e. The highest BCUT2D eigenvalue weighted by atomic mass is 15.0. The number of hydrogen-bond acceptors (Lipinski definition) is 2. The van der Waals surface area contributed by atoms with E-state index in [1.165, 1.54) is 12.8 Å². The third-order valence-electron chi connectivity index (χ3n) is 2.24. The minimum atomic E-state index is 0.182. The molecule has 1 N–H and O–H groups in total. The van der Waals surface area contributed by atoms with Crippen LogP contribution in [0.4, 0.5) is 0 Å². The zero-order valence-electron chi connectivity index (χ0n) is 8.34. The van der Waals surface area contributed by atoms with Crippen LogP contribution < -0.4 is 5.32 Å². The molecule has 0 radical (unpaired) electrons. The standard InChI is InChI=1S/C11H18N2/c1-3-7-10(4-2)13-11-8-5-6-9-12-11/h2,10H,3,5-9H2,1H3,(H,12,13). The van der Waals surface area contributed by atoms with Crippen LogP contribution in [0.2, 0.25) is 0 Å². The number of rotatable bonds is 3. The zero-order chi connectivity index (χ0) is 9.52. The van der Waals surface area contributed by atoms with Crippen molar-refractivity contribution < 1.29 is 0 Å². The molecule has 2 heteroatoms. The third-order valence-corrected chi connectivity index (χ3v) is 2.24. The summed E-state index contributed by atoms with van der Waals surface area (Å²) in [5.41, 5.74) is 0. The number of aliphatic imine (C=N–C) groups is 1. The monoisotopic (exact) mass is 178 g/mol. The Morgan fingerprint density at radius 3 is 3.00 bits per heavy atom. The maximum absolute atomic E-state index is 5.41. The Balaban J connectivity index is 2.36. The molecule has 0 amide bonds.